The fraction of sp³-hybridized carbons (Fsp3) is 0.360. The third-order valence-corrected chi connectivity index (χ3v) is 6.82. The number of benzene rings is 2. The lowest BCUT2D eigenvalue weighted by Crippen LogP contribution is -2.47. The van der Waals surface area contributed by atoms with Crippen molar-refractivity contribution in [2.75, 3.05) is 32.8 Å². The number of hydrogen-bond donors (Lipinski definition) is 0. The smallest absolute Gasteiger partial charge is 0.266 e. The van der Waals surface area contributed by atoms with E-state index < -0.39 is 0 Å². The molecule has 0 spiro atoms. The number of carbonyl (C=O) groups excluding carboxylic acids is 1. The maximum atomic E-state index is 13.8. The van der Waals surface area contributed by atoms with E-state index in [-0.39, 0.29) is 11.9 Å². The van der Waals surface area contributed by atoms with Crippen LogP contribution in [0.2, 0.25) is 0 Å². The van der Waals surface area contributed by atoms with Crippen LogP contribution in [0.4, 0.5) is 0 Å². The third kappa shape index (κ3) is 5.39. The highest BCUT2D eigenvalue weighted by atomic mass is 32.1. The summed E-state index contributed by atoms with van der Waals surface area (Å²) in [4.78, 5) is 23.6. The van der Waals surface area contributed by atoms with Gasteiger partial charge in [-0.2, -0.15) is 0 Å². The van der Waals surface area contributed by atoms with Crippen molar-refractivity contribution >= 4 is 17.2 Å². The van der Waals surface area contributed by atoms with Crippen molar-refractivity contribution in [3.63, 3.8) is 0 Å². The van der Waals surface area contributed by atoms with Gasteiger partial charge in [0, 0.05) is 37.8 Å². The Morgan fingerprint density at radius 2 is 1.74 bits per heavy atom. The summed E-state index contributed by atoms with van der Waals surface area (Å²) in [5, 5.41) is 0.891. The lowest BCUT2D eigenvalue weighted by molar-refractivity contribution is 0.0229. The minimum atomic E-state index is 0.0572. The Balaban J connectivity index is 1.59. The number of nitrogens with zero attached hydrogens (tertiary/aromatic N) is 3. The quantitative estimate of drug-likeness (QED) is 0.549. The Morgan fingerprint density at radius 1 is 1.10 bits per heavy atom. The van der Waals surface area contributed by atoms with E-state index >= 15 is 0 Å². The summed E-state index contributed by atoms with van der Waals surface area (Å²) in [6, 6.07) is 20.4. The molecule has 5 nitrogen and oxygen atoms in total. The summed E-state index contributed by atoms with van der Waals surface area (Å²) in [6.45, 7) is 8.84. The molecule has 0 saturated carbocycles. The predicted molar refractivity (Wildman–Crippen MR) is 125 cm³/mol. The Labute approximate surface area is 188 Å². The molecular weight excluding hydrogens is 406 g/mol. The zero-order valence-corrected chi connectivity index (χ0v) is 19.0. The van der Waals surface area contributed by atoms with Gasteiger partial charge < -0.3 is 9.64 Å². The topological polar surface area (TPSA) is 45.7 Å². The molecule has 6 heteroatoms. The van der Waals surface area contributed by atoms with E-state index in [9.17, 15) is 4.79 Å². The van der Waals surface area contributed by atoms with Crippen molar-refractivity contribution in [1.82, 2.24) is 14.8 Å². The molecule has 0 bridgehead atoms. The van der Waals surface area contributed by atoms with Crippen molar-refractivity contribution in [2.45, 2.75) is 26.4 Å². The van der Waals surface area contributed by atoms with E-state index in [0.29, 0.717) is 6.54 Å². The van der Waals surface area contributed by atoms with Gasteiger partial charge in [0.1, 0.15) is 9.88 Å². The van der Waals surface area contributed by atoms with Gasteiger partial charge in [-0.3, -0.25) is 9.69 Å². The maximum absolute atomic E-state index is 13.8. The van der Waals surface area contributed by atoms with Crippen LogP contribution in [-0.4, -0.2) is 59.6 Å². The highest BCUT2D eigenvalue weighted by molar-refractivity contribution is 7.17. The predicted octanol–water partition coefficient (Wildman–Crippen LogP) is 4.48. The minimum absolute atomic E-state index is 0.0572. The molecule has 0 N–H and O–H groups in total. The number of aryl methyl sites for hydroxylation is 1. The highest BCUT2D eigenvalue weighted by Crippen LogP contribution is 2.29. The van der Waals surface area contributed by atoms with Crippen LogP contribution in [0.1, 0.15) is 27.9 Å². The molecule has 1 atom stereocenters. The fourth-order valence-corrected chi connectivity index (χ4v) is 4.92. The maximum Gasteiger partial charge on any atom is 0.266 e. The Morgan fingerprint density at radius 3 is 2.42 bits per heavy atom. The van der Waals surface area contributed by atoms with Crippen LogP contribution < -0.4 is 0 Å². The second-order valence-corrected chi connectivity index (χ2v) is 8.98. The lowest BCUT2D eigenvalue weighted by Gasteiger charge is -2.35. The van der Waals surface area contributed by atoms with Crippen LogP contribution in [0, 0.1) is 6.92 Å². The molecule has 162 valence electrons. The Hall–Kier alpha value is -2.54. The fourth-order valence-electron chi connectivity index (χ4n) is 3.89. The zero-order chi connectivity index (χ0) is 21.6. The van der Waals surface area contributed by atoms with Gasteiger partial charge in [-0.15, -0.1) is 11.3 Å². The average molecular weight is 436 g/mol. The monoisotopic (exact) mass is 435 g/mol. The second-order valence-electron chi connectivity index (χ2n) is 7.98. The molecule has 1 aliphatic heterocycles. The number of morpholine rings is 1. The lowest BCUT2D eigenvalue weighted by atomic mass is 10.1. The molecule has 3 aromatic rings. The number of ether oxygens (including phenoxy) is 1. The number of rotatable bonds is 7. The number of thiazole rings is 1. The van der Waals surface area contributed by atoms with Gasteiger partial charge in [-0.05, 0) is 19.4 Å². The molecule has 4 rings (SSSR count). The molecule has 2 heterocycles. The normalized spacial score (nSPS) is 15.5. The standard InChI is InChI=1S/C25H29N3O2S/c1-19(17-27-13-15-30-16-14-27)28(18-21-9-5-3-6-10-21)25(29)23-20(2)26-24(31-23)22-11-7-4-8-12-22/h3-12,19H,13-18H2,1-2H3. The van der Waals surface area contributed by atoms with Crippen LogP contribution in [0.25, 0.3) is 10.6 Å². The highest BCUT2D eigenvalue weighted by Gasteiger charge is 2.27. The van der Waals surface area contributed by atoms with Crippen molar-refractivity contribution in [3.8, 4) is 10.6 Å². The Bertz CT molecular complexity index is 985. The SMILES string of the molecule is Cc1nc(-c2ccccc2)sc1C(=O)N(Cc1ccccc1)C(C)CN1CCOCC1. The summed E-state index contributed by atoms with van der Waals surface area (Å²) in [7, 11) is 0. The van der Waals surface area contributed by atoms with Gasteiger partial charge in [0.2, 0.25) is 0 Å². The summed E-state index contributed by atoms with van der Waals surface area (Å²) in [5.41, 5.74) is 2.98. The van der Waals surface area contributed by atoms with Crippen LogP contribution in [0.15, 0.2) is 60.7 Å². The molecule has 1 saturated heterocycles. The molecule has 1 fully saturated rings. The van der Waals surface area contributed by atoms with Gasteiger partial charge in [0.15, 0.2) is 0 Å². The van der Waals surface area contributed by atoms with E-state index in [0.717, 1.165) is 59.6 Å². The first kappa shape index (κ1) is 21.7. The van der Waals surface area contributed by atoms with E-state index in [2.05, 4.69) is 24.0 Å². The number of hydrogen-bond acceptors (Lipinski definition) is 5. The molecule has 1 unspecified atom stereocenters. The summed E-state index contributed by atoms with van der Waals surface area (Å²) >= 11 is 1.49. The zero-order valence-electron chi connectivity index (χ0n) is 18.2. The second kappa shape index (κ2) is 10.2. The first-order valence-electron chi connectivity index (χ1n) is 10.8. The molecule has 1 amide bonds. The van der Waals surface area contributed by atoms with E-state index in [1.165, 1.54) is 11.3 Å². The molecule has 2 aromatic carbocycles. The van der Waals surface area contributed by atoms with Crippen LogP contribution in [-0.2, 0) is 11.3 Å². The minimum Gasteiger partial charge on any atom is -0.379 e. The van der Waals surface area contributed by atoms with E-state index in [4.69, 9.17) is 9.72 Å². The molecule has 1 aromatic heterocycles. The van der Waals surface area contributed by atoms with Gasteiger partial charge in [0.25, 0.3) is 5.91 Å². The van der Waals surface area contributed by atoms with E-state index in [1.807, 2.05) is 60.4 Å². The van der Waals surface area contributed by atoms with Crippen molar-refractivity contribution in [1.29, 1.82) is 0 Å². The molecule has 0 aliphatic carbocycles. The van der Waals surface area contributed by atoms with Gasteiger partial charge in [-0.1, -0.05) is 60.7 Å². The summed E-state index contributed by atoms with van der Waals surface area (Å²) in [5.74, 6) is 0.0572. The molecule has 0 radical (unpaired) electrons. The number of carbonyl (C=O) groups is 1. The van der Waals surface area contributed by atoms with Crippen molar-refractivity contribution in [3.05, 3.63) is 76.8 Å². The molecule has 1 aliphatic rings. The van der Waals surface area contributed by atoms with Gasteiger partial charge >= 0.3 is 0 Å². The summed E-state index contributed by atoms with van der Waals surface area (Å²) < 4.78 is 5.49. The summed E-state index contributed by atoms with van der Waals surface area (Å²) in [6.07, 6.45) is 0. The molecular formula is C25H29N3O2S. The van der Waals surface area contributed by atoms with Crippen molar-refractivity contribution in [2.24, 2.45) is 0 Å². The van der Waals surface area contributed by atoms with Crippen molar-refractivity contribution < 1.29 is 9.53 Å². The first-order chi connectivity index (χ1) is 15.1. The molecule has 31 heavy (non-hydrogen) atoms. The third-order valence-electron chi connectivity index (χ3n) is 5.63. The number of aromatic nitrogens is 1. The van der Waals surface area contributed by atoms with Gasteiger partial charge in [-0.25, -0.2) is 4.98 Å². The van der Waals surface area contributed by atoms with Gasteiger partial charge in [0.05, 0.1) is 18.9 Å². The Kier molecular flexibility index (Phi) is 7.12. The first-order valence-corrected chi connectivity index (χ1v) is 11.6. The largest absolute Gasteiger partial charge is 0.379 e. The van der Waals surface area contributed by atoms with E-state index in [1.54, 1.807) is 0 Å². The average Bonchev–Trinajstić information content (AvgIpc) is 3.20. The van der Waals surface area contributed by atoms with Crippen LogP contribution >= 0.6 is 11.3 Å². The van der Waals surface area contributed by atoms with Crippen LogP contribution in [0.5, 0.6) is 0 Å². The van der Waals surface area contributed by atoms with Crippen LogP contribution in [0.3, 0.4) is 0 Å². The number of amides is 1.